The number of anilines is 2. The third-order valence-electron chi connectivity index (χ3n) is 6.63. The van der Waals surface area contributed by atoms with Gasteiger partial charge in [0.05, 0.1) is 43.3 Å². The molecule has 0 radical (unpaired) electrons. The van der Waals surface area contributed by atoms with Crippen LogP contribution in [0.15, 0.2) is 55.0 Å². The topological polar surface area (TPSA) is 68.5 Å². The highest BCUT2D eigenvalue weighted by atomic mass is 16.5. The van der Waals surface area contributed by atoms with Crippen molar-refractivity contribution in [3.05, 3.63) is 55.0 Å². The van der Waals surface area contributed by atoms with Crippen LogP contribution in [0.3, 0.4) is 0 Å². The SMILES string of the molecule is C#C[C@H]1CCN(CCN(c2cc(OC)cc(OC)c2)c2ccc3ncc(-c4cnn(C)c4)nc3c2)C1. The van der Waals surface area contributed by atoms with Crippen LogP contribution in [0.1, 0.15) is 6.42 Å². The minimum Gasteiger partial charge on any atom is -0.497 e. The van der Waals surface area contributed by atoms with Gasteiger partial charge in [-0.15, -0.1) is 12.3 Å². The summed E-state index contributed by atoms with van der Waals surface area (Å²) in [5.41, 5.74) is 5.38. The number of aromatic nitrogens is 4. The van der Waals surface area contributed by atoms with E-state index in [1.165, 1.54) is 0 Å². The van der Waals surface area contributed by atoms with Gasteiger partial charge in [0.15, 0.2) is 0 Å². The molecular formula is C28H30N6O2. The maximum absolute atomic E-state index is 5.67. The Morgan fingerprint density at radius 3 is 2.53 bits per heavy atom. The lowest BCUT2D eigenvalue weighted by Crippen LogP contribution is -2.31. The van der Waals surface area contributed by atoms with Crippen molar-refractivity contribution in [3.63, 3.8) is 0 Å². The molecule has 0 aliphatic carbocycles. The quantitative estimate of drug-likeness (QED) is 0.350. The minimum absolute atomic E-state index is 0.331. The van der Waals surface area contributed by atoms with Crippen LogP contribution in [0.25, 0.3) is 22.3 Å². The van der Waals surface area contributed by atoms with E-state index in [4.69, 9.17) is 20.9 Å². The van der Waals surface area contributed by atoms with Crippen LogP contribution in [-0.4, -0.2) is 65.0 Å². The second-order valence-electron chi connectivity index (χ2n) is 9.01. The van der Waals surface area contributed by atoms with Crippen molar-refractivity contribution in [1.82, 2.24) is 24.6 Å². The molecule has 8 nitrogen and oxygen atoms in total. The van der Waals surface area contributed by atoms with Crippen LogP contribution in [0, 0.1) is 18.3 Å². The van der Waals surface area contributed by atoms with Gasteiger partial charge in [-0.1, -0.05) is 0 Å². The molecule has 0 saturated carbocycles. The van der Waals surface area contributed by atoms with Crippen LogP contribution < -0.4 is 14.4 Å². The molecule has 1 saturated heterocycles. The van der Waals surface area contributed by atoms with E-state index in [1.807, 2.05) is 37.5 Å². The number of hydrogen-bond donors (Lipinski definition) is 0. The molecule has 2 aromatic carbocycles. The van der Waals surface area contributed by atoms with Gasteiger partial charge in [0.1, 0.15) is 11.5 Å². The van der Waals surface area contributed by atoms with Gasteiger partial charge >= 0.3 is 0 Å². The van der Waals surface area contributed by atoms with E-state index in [1.54, 1.807) is 31.3 Å². The predicted octanol–water partition coefficient (Wildman–Crippen LogP) is 4.14. The van der Waals surface area contributed by atoms with E-state index < -0.39 is 0 Å². The fraction of sp³-hybridized carbons (Fsp3) is 0.321. The highest BCUT2D eigenvalue weighted by Gasteiger charge is 2.22. The summed E-state index contributed by atoms with van der Waals surface area (Å²) in [5, 5.41) is 4.26. The first-order valence-electron chi connectivity index (χ1n) is 12.0. The summed E-state index contributed by atoms with van der Waals surface area (Å²) in [5.74, 6) is 4.71. The second-order valence-corrected chi connectivity index (χ2v) is 9.01. The molecule has 0 bridgehead atoms. The first-order valence-corrected chi connectivity index (χ1v) is 12.0. The zero-order valence-corrected chi connectivity index (χ0v) is 20.9. The van der Waals surface area contributed by atoms with Crippen LogP contribution >= 0.6 is 0 Å². The van der Waals surface area contributed by atoms with E-state index in [2.05, 4.69) is 37.9 Å². The lowest BCUT2D eigenvalue weighted by atomic mass is 10.1. The third-order valence-corrected chi connectivity index (χ3v) is 6.63. The fourth-order valence-corrected chi connectivity index (χ4v) is 4.63. The number of terminal acetylenes is 1. The van der Waals surface area contributed by atoms with Crippen molar-refractivity contribution in [2.45, 2.75) is 6.42 Å². The Balaban J connectivity index is 1.52. The van der Waals surface area contributed by atoms with Crippen LogP contribution in [0.5, 0.6) is 11.5 Å². The van der Waals surface area contributed by atoms with Crippen molar-refractivity contribution >= 4 is 22.4 Å². The number of fused-ring (bicyclic) bond motifs is 1. The Morgan fingerprint density at radius 2 is 1.86 bits per heavy atom. The number of hydrogen-bond acceptors (Lipinski definition) is 7. The third kappa shape index (κ3) is 4.97. The molecule has 1 atom stereocenters. The predicted molar refractivity (Wildman–Crippen MR) is 142 cm³/mol. The molecule has 0 N–H and O–H groups in total. The molecule has 5 rings (SSSR count). The van der Waals surface area contributed by atoms with Gasteiger partial charge in [0.25, 0.3) is 0 Å². The van der Waals surface area contributed by atoms with Gasteiger partial charge < -0.3 is 19.3 Å². The molecule has 8 heteroatoms. The number of rotatable bonds is 8. The highest BCUT2D eigenvalue weighted by molar-refractivity contribution is 5.82. The standard InChI is InChI=1S/C28H30N6O2/c1-5-20-8-9-33(18-20)10-11-34(23-12-24(35-3)15-25(13-23)36-4)22-6-7-26-27(14-22)31-28(17-29-26)21-16-30-32(2)19-21/h1,6-7,12-17,19-20H,8-11,18H2,2-4H3/t20-/m0/s1. The highest BCUT2D eigenvalue weighted by Crippen LogP contribution is 2.34. The van der Waals surface area contributed by atoms with E-state index in [9.17, 15) is 0 Å². The number of ether oxygens (including phenoxy) is 2. The Bertz CT molecular complexity index is 1390. The summed E-state index contributed by atoms with van der Waals surface area (Å²) in [6.07, 6.45) is 12.3. The maximum atomic E-state index is 5.67. The minimum atomic E-state index is 0.331. The van der Waals surface area contributed by atoms with E-state index in [0.717, 1.165) is 77.8 Å². The second kappa shape index (κ2) is 10.3. The normalized spacial score (nSPS) is 15.7. The molecule has 184 valence electrons. The smallest absolute Gasteiger partial charge is 0.124 e. The summed E-state index contributed by atoms with van der Waals surface area (Å²) in [6.45, 7) is 3.61. The van der Waals surface area contributed by atoms with Gasteiger partial charge in [-0.2, -0.15) is 5.10 Å². The number of likely N-dealkylation sites (tertiary alicyclic amines) is 1. The Hall–Kier alpha value is -4.09. The number of nitrogens with zero attached hydrogens (tertiary/aromatic N) is 6. The van der Waals surface area contributed by atoms with Crippen LogP contribution in [0.4, 0.5) is 11.4 Å². The van der Waals surface area contributed by atoms with Gasteiger partial charge in [-0.05, 0) is 31.2 Å². The first kappa shape index (κ1) is 23.6. The van der Waals surface area contributed by atoms with E-state index in [-0.39, 0.29) is 0 Å². The summed E-state index contributed by atoms with van der Waals surface area (Å²) >= 11 is 0. The molecule has 1 aliphatic rings. The molecule has 0 unspecified atom stereocenters. The van der Waals surface area contributed by atoms with E-state index >= 15 is 0 Å². The fourth-order valence-electron chi connectivity index (χ4n) is 4.63. The van der Waals surface area contributed by atoms with Crippen LogP contribution in [0.2, 0.25) is 0 Å². The van der Waals surface area contributed by atoms with Crippen LogP contribution in [-0.2, 0) is 7.05 Å². The molecule has 2 aromatic heterocycles. The molecular weight excluding hydrogens is 452 g/mol. The van der Waals surface area contributed by atoms with Crippen molar-refractivity contribution in [3.8, 4) is 35.1 Å². The lowest BCUT2D eigenvalue weighted by molar-refractivity contribution is 0.342. The van der Waals surface area contributed by atoms with Gasteiger partial charge in [0, 0.05) is 73.9 Å². The summed E-state index contributed by atoms with van der Waals surface area (Å²) in [4.78, 5) is 14.2. The molecule has 0 spiro atoms. The molecule has 36 heavy (non-hydrogen) atoms. The van der Waals surface area contributed by atoms with Crippen molar-refractivity contribution in [1.29, 1.82) is 0 Å². The average molecular weight is 483 g/mol. The first-order chi connectivity index (χ1) is 17.6. The van der Waals surface area contributed by atoms with Crippen molar-refractivity contribution < 1.29 is 9.47 Å². The zero-order chi connectivity index (χ0) is 25.1. The number of benzene rings is 2. The monoisotopic (exact) mass is 482 g/mol. The average Bonchev–Trinajstić information content (AvgIpc) is 3.57. The summed E-state index contributed by atoms with van der Waals surface area (Å²) in [7, 11) is 5.22. The maximum Gasteiger partial charge on any atom is 0.124 e. The largest absolute Gasteiger partial charge is 0.497 e. The van der Waals surface area contributed by atoms with Gasteiger partial charge in [-0.3, -0.25) is 9.67 Å². The molecule has 1 fully saturated rings. The summed E-state index contributed by atoms with van der Waals surface area (Å²) in [6, 6.07) is 12.1. The number of methoxy groups -OCH3 is 2. The van der Waals surface area contributed by atoms with E-state index in [0.29, 0.717) is 5.92 Å². The summed E-state index contributed by atoms with van der Waals surface area (Å²) < 4.78 is 12.9. The molecule has 3 heterocycles. The Kier molecular flexibility index (Phi) is 6.74. The van der Waals surface area contributed by atoms with Gasteiger partial charge in [-0.25, -0.2) is 4.98 Å². The lowest BCUT2D eigenvalue weighted by Gasteiger charge is -2.28. The molecule has 0 amide bonds. The Labute approximate surface area is 211 Å². The number of aryl methyl sites for hydroxylation is 1. The molecule has 4 aromatic rings. The van der Waals surface area contributed by atoms with Crippen molar-refractivity contribution in [2.24, 2.45) is 13.0 Å². The zero-order valence-electron chi connectivity index (χ0n) is 20.9. The Morgan fingerprint density at radius 1 is 1.06 bits per heavy atom. The van der Waals surface area contributed by atoms with Gasteiger partial charge in [0.2, 0.25) is 0 Å². The van der Waals surface area contributed by atoms with Crippen molar-refractivity contribution in [2.75, 3.05) is 45.3 Å². The molecule has 1 aliphatic heterocycles.